The monoisotopic (exact) mass is 416 g/mol. The summed E-state index contributed by atoms with van der Waals surface area (Å²) in [4.78, 5) is 22.1. The van der Waals surface area contributed by atoms with Gasteiger partial charge in [0.1, 0.15) is 11.8 Å². The molecule has 4 aromatic rings. The normalized spacial score (nSPS) is 16.8. The Morgan fingerprint density at radius 2 is 2.03 bits per heavy atom. The van der Waals surface area contributed by atoms with Gasteiger partial charge in [0.2, 0.25) is 11.9 Å². The Morgan fingerprint density at radius 3 is 2.87 bits per heavy atom. The molecule has 0 unspecified atom stereocenters. The molecule has 0 radical (unpaired) electrons. The molecule has 2 N–H and O–H groups in total. The number of para-hydroxylation sites is 1. The SMILES string of the molecule is COc1ccc(-c2nc3c4ccccc4nc(N[C@@H]4CCCCNC4=O)n3n2)cc1C. The predicted molar refractivity (Wildman–Crippen MR) is 119 cm³/mol. The molecule has 0 aliphatic carbocycles. The molecule has 31 heavy (non-hydrogen) atoms. The van der Waals surface area contributed by atoms with E-state index in [0.29, 0.717) is 24.0 Å². The molecule has 1 amide bonds. The Kier molecular flexibility index (Phi) is 4.89. The second-order valence-corrected chi connectivity index (χ2v) is 7.79. The van der Waals surface area contributed by atoms with Crippen molar-refractivity contribution in [2.45, 2.75) is 32.2 Å². The lowest BCUT2D eigenvalue weighted by Crippen LogP contribution is -2.38. The van der Waals surface area contributed by atoms with Gasteiger partial charge in [0.15, 0.2) is 11.5 Å². The lowest BCUT2D eigenvalue weighted by molar-refractivity contribution is -0.121. The van der Waals surface area contributed by atoms with Crippen LogP contribution in [0.4, 0.5) is 5.95 Å². The lowest BCUT2D eigenvalue weighted by atomic mass is 10.1. The zero-order valence-corrected chi connectivity index (χ0v) is 17.6. The fraction of sp³-hybridized carbons (Fsp3) is 0.304. The number of hydrogen-bond acceptors (Lipinski definition) is 6. The van der Waals surface area contributed by atoms with E-state index in [1.54, 1.807) is 11.6 Å². The standard InChI is InChI=1S/C23H24N6O2/c1-14-13-15(10-11-19(14)31-2)20-27-21-16-7-3-4-8-17(16)25-23(29(21)28-20)26-18-9-5-6-12-24-22(18)30/h3-4,7-8,10-11,13,18H,5-6,9,12H2,1-2H3,(H,24,30)(H,25,26)/t18-/m1/s1. The van der Waals surface area contributed by atoms with E-state index in [1.165, 1.54) is 0 Å². The molecule has 2 aromatic heterocycles. The largest absolute Gasteiger partial charge is 0.496 e. The second kappa shape index (κ2) is 7.86. The molecule has 8 heteroatoms. The maximum absolute atomic E-state index is 12.5. The Morgan fingerprint density at radius 1 is 1.16 bits per heavy atom. The Labute approximate surface area is 179 Å². The zero-order valence-electron chi connectivity index (χ0n) is 17.6. The van der Waals surface area contributed by atoms with Crippen molar-refractivity contribution in [2.24, 2.45) is 0 Å². The summed E-state index contributed by atoms with van der Waals surface area (Å²) in [5.74, 6) is 1.92. The summed E-state index contributed by atoms with van der Waals surface area (Å²) in [7, 11) is 1.66. The van der Waals surface area contributed by atoms with E-state index in [0.717, 1.165) is 47.0 Å². The van der Waals surface area contributed by atoms with Crippen LogP contribution in [-0.2, 0) is 4.79 Å². The maximum atomic E-state index is 12.5. The van der Waals surface area contributed by atoms with Gasteiger partial charge in [0.05, 0.1) is 12.6 Å². The summed E-state index contributed by atoms with van der Waals surface area (Å²) in [6, 6.07) is 13.4. The van der Waals surface area contributed by atoms with Crippen LogP contribution in [0.2, 0.25) is 0 Å². The van der Waals surface area contributed by atoms with Crippen molar-refractivity contribution in [3.63, 3.8) is 0 Å². The topological polar surface area (TPSA) is 93.4 Å². The van der Waals surface area contributed by atoms with Crippen LogP contribution >= 0.6 is 0 Å². The van der Waals surface area contributed by atoms with Crippen LogP contribution in [-0.4, -0.2) is 45.2 Å². The van der Waals surface area contributed by atoms with E-state index in [9.17, 15) is 4.79 Å². The molecule has 0 spiro atoms. The highest BCUT2D eigenvalue weighted by Crippen LogP contribution is 2.27. The number of nitrogens with one attached hydrogen (secondary N) is 2. The third kappa shape index (κ3) is 3.54. The van der Waals surface area contributed by atoms with Gasteiger partial charge in [-0.2, -0.15) is 4.52 Å². The van der Waals surface area contributed by atoms with Crippen molar-refractivity contribution in [1.82, 2.24) is 24.9 Å². The Hall–Kier alpha value is -3.68. The van der Waals surface area contributed by atoms with Gasteiger partial charge < -0.3 is 15.4 Å². The molecule has 2 aromatic carbocycles. The molecule has 0 saturated carbocycles. The van der Waals surface area contributed by atoms with Gasteiger partial charge in [-0.25, -0.2) is 9.97 Å². The number of benzene rings is 2. The zero-order chi connectivity index (χ0) is 21.4. The van der Waals surface area contributed by atoms with Crippen LogP contribution in [0.5, 0.6) is 5.75 Å². The van der Waals surface area contributed by atoms with Crippen LogP contribution in [0.25, 0.3) is 27.9 Å². The van der Waals surface area contributed by atoms with Crippen LogP contribution in [0, 0.1) is 6.92 Å². The minimum absolute atomic E-state index is 0.00766. The molecular formula is C23H24N6O2. The van der Waals surface area contributed by atoms with Crippen LogP contribution in [0.15, 0.2) is 42.5 Å². The van der Waals surface area contributed by atoms with Gasteiger partial charge >= 0.3 is 0 Å². The summed E-state index contributed by atoms with van der Waals surface area (Å²) in [5, 5.41) is 11.9. The molecule has 3 heterocycles. The Balaban J connectivity index is 1.64. The average molecular weight is 416 g/mol. The Bertz CT molecular complexity index is 1280. The lowest BCUT2D eigenvalue weighted by Gasteiger charge is -2.16. The van der Waals surface area contributed by atoms with Crippen molar-refractivity contribution < 1.29 is 9.53 Å². The number of carbonyl (C=O) groups is 1. The fourth-order valence-corrected chi connectivity index (χ4v) is 4.02. The average Bonchev–Trinajstić information content (AvgIpc) is 3.14. The quantitative estimate of drug-likeness (QED) is 0.530. The molecule has 8 nitrogen and oxygen atoms in total. The molecule has 158 valence electrons. The molecule has 1 fully saturated rings. The van der Waals surface area contributed by atoms with Crippen LogP contribution in [0.1, 0.15) is 24.8 Å². The summed E-state index contributed by atoms with van der Waals surface area (Å²) in [6.45, 7) is 2.70. The molecule has 5 rings (SSSR count). The minimum atomic E-state index is -0.352. The number of rotatable bonds is 4. The molecule has 1 aliphatic heterocycles. The minimum Gasteiger partial charge on any atom is -0.496 e. The number of aromatic nitrogens is 4. The van der Waals surface area contributed by atoms with E-state index >= 15 is 0 Å². The first-order valence-electron chi connectivity index (χ1n) is 10.5. The smallest absolute Gasteiger partial charge is 0.242 e. The van der Waals surface area contributed by atoms with Crippen LogP contribution < -0.4 is 15.4 Å². The second-order valence-electron chi connectivity index (χ2n) is 7.79. The summed E-state index contributed by atoms with van der Waals surface area (Å²) < 4.78 is 7.08. The number of hydrogen-bond donors (Lipinski definition) is 2. The van der Waals surface area contributed by atoms with Crippen molar-refractivity contribution >= 4 is 28.4 Å². The van der Waals surface area contributed by atoms with E-state index in [1.807, 2.05) is 49.4 Å². The number of aryl methyl sites for hydroxylation is 1. The molecule has 1 saturated heterocycles. The van der Waals surface area contributed by atoms with Crippen molar-refractivity contribution in [1.29, 1.82) is 0 Å². The number of fused-ring (bicyclic) bond motifs is 3. The van der Waals surface area contributed by atoms with E-state index in [-0.39, 0.29) is 11.9 Å². The van der Waals surface area contributed by atoms with Crippen LogP contribution in [0.3, 0.4) is 0 Å². The van der Waals surface area contributed by atoms with Gasteiger partial charge in [-0.05, 0) is 62.1 Å². The number of amides is 1. The first-order valence-corrected chi connectivity index (χ1v) is 10.5. The highest BCUT2D eigenvalue weighted by atomic mass is 16.5. The summed E-state index contributed by atoms with van der Waals surface area (Å²) in [5.41, 5.74) is 3.40. The highest BCUT2D eigenvalue weighted by Gasteiger charge is 2.23. The van der Waals surface area contributed by atoms with Gasteiger partial charge in [-0.15, -0.1) is 5.10 Å². The molecule has 0 bridgehead atoms. The summed E-state index contributed by atoms with van der Waals surface area (Å²) in [6.07, 6.45) is 2.71. The van der Waals surface area contributed by atoms with E-state index in [2.05, 4.69) is 10.6 Å². The first-order chi connectivity index (χ1) is 15.1. The van der Waals surface area contributed by atoms with E-state index < -0.39 is 0 Å². The van der Waals surface area contributed by atoms with Gasteiger partial charge in [-0.1, -0.05) is 12.1 Å². The first kappa shape index (κ1) is 19.3. The van der Waals surface area contributed by atoms with E-state index in [4.69, 9.17) is 19.8 Å². The summed E-state index contributed by atoms with van der Waals surface area (Å²) >= 11 is 0. The fourth-order valence-electron chi connectivity index (χ4n) is 4.02. The molecule has 1 atom stereocenters. The number of ether oxygens (including phenoxy) is 1. The van der Waals surface area contributed by atoms with Gasteiger partial charge in [0.25, 0.3) is 0 Å². The van der Waals surface area contributed by atoms with Gasteiger partial charge in [0, 0.05) is 17.5 Å². The number of carbonyl (C=O) groups excluding carboxylic acids is 1. The van der Waals surface area contributed by atoms with Crippen molar-refractivity contribution in [3.8, 4) is 17.1 Å². The predicted octanol–water partition coefficient (Wildman–Crippen LogP) is 3.34. The highest BCUT2D eigenvalue weighted by molar-refractivity contribution is 5.93. The third-order valence-corrected chi connectivity index (χ3v) is 5.67. The maximum Gasteiger partial charge on any atom is 0.242 e. The number of anilines is 1. The van der Waals surface area contributed by atoms with Crippen molar-refractivity contribution in [3.05, 3.63) is 48.0 Å². The van der Waals surface area contributed by atoms with Crippen molar-refractivity contribution in [2.75, 3.05) is 19.0 Å². The number of methoxy groups -OCH3 is 1. The molecular weight excluding hydrogens is 392 g/mol. The third-order valence-electron chi connectivity index (χ3n) is 5.67. The van der Waals surface area contributed by atoms with Gasteiger partial charge in [-0.3, -0.25) is 4.79 Å². The molecule has 1 aliphatic rings. The number of nitrogens with zero attached hydrogens (tertiary/aromatic N) is 4.